The van der Waals surface area contributed by atoms with E-state index in [1.54, 1.807) is 18.5 Å². The number of amides is 1. The topological polar surface area (TPSA) is 105 Å². The first-order valence-corrected chi connectivity index (χ1v) is 10.6. The molecule has 9 nitrogen and oxygen atoms in total. The quantitative estimate of drug-likeness (QED) is 0.402. The summed E-state index contributed by atoms with van der Waals surface area (Å²) in [6.07, 6.45) is -0.806. The molecule has 0 aliphatic rings. The van der Waals surface area contributed by atoms with Crippen molar-refractivity contribution >= 4 is 33.8 Å². The Morgan fingerprint density at radius 3 is 2.31 bits per heavy atom. The number of halogens is 3. The third kappa shape index (κ3) is 5.77. The van der Waals surface area contributed by atoms with Gasteiger partial charge in [-0.1, -0.05) is 18.2 Å². The maximum absolute atomic E-state index is 13.0. The van der Waals surface area contributed by atoms with Gasteiger partial charge in [-0.25, -0.2) is 14.8 Å². The molecule has 0 fully saturated rings. The van der Waals surface area contributed by atoms with Crippen LogP contribution in [0.15, 0.2) is 48.8 Å². The molecule has 1 amide bonds. The van der Waals surface area contributed by atoms with Crippen LogP contribution in [0.5, 0.6) is 0 Å². The van der Waals surface area contributed by atoms with Crippen molar-refractivity contribution in [3.05, 3.63) is 54.5 Å². The smallest absolute Gasteiger partial charge is 0.475 e. The average Bonchev–Trinajstić information content (AvgIpc) is 3.33. The van der Waals surface area contributed by atoms with E-state index in [9.17, 15) is 18.0 Å². The van der Waals surface area contributed by atoms with E-state index >= 15 is 0 Å². The van der Waals surface area contributed by atoms with Gasteiger partial charge in [-0.05, 0) is 45.3 Å². The number of rotatable bonds is 6. The number of aryl methyl sites for hydroxylation is 1. The van der Waals surface area contributed by atoms with Crippen LogP contribution in [0.1, 0.15) is 16.9 Å². The van der Waals surface area contributed by atoms with Gasteiger partial charge in [0, 0.05) is 31.4 Å². The number of aromatic nitrogens is 4. The van der Waals surface area contributed by atoms with Crippen molar-refractivity contribution in [1.82, 2.24) is 29.3 Å². The van der Waals surface area contributed by atoms with E-state index in [-0.39, 0.29) is 5.91 Å². The minimum atomic E-state index is -5.08. The molecule has 3 heterocycles. The molecule has 0 atom stereocenters. The summed E-state index contributed by atoms with van der Waals surface area (Å²) in [6.45, 7) is 1.55. The fourth-order valence-corrected chi connectivity index (χ4v) is 3.58. The summed E-state index contributed by atoms with van der Waals surface area (Å²) in [5.74, 6) is -2.38. The minimum Gasteiger partial charge on any atom is -0.475 e. The van der Waals surface area contributed by atoms with E-state index in [0.717, 1.165) is 34.9 Å². The number of carboxylic acids is 1. The number of benzene rings is 1. The number of hydrogen-bond donors (Lipinski definition) is 2. The molecule has 186 valence electrons. The molecule has 35 heavy (non-hydrogen) atoms. The summed E-state index contributed by atoms with van der Waals surface area (Å²) in [7, 11) is 6.06. The Morgan fingerprint density at radius 1 is 1.09 bits per heavy atom. The van der Waals surface area contributed by atoms with Crippen LogP contribution < -0.4 is 5.32 Å². The molecule has 0 bridgehead atoms. The molecule has 3 aromatic heterocycles. The number of para-hydroxylation sites is 1. The zero-order chi connectivity index (χ0) is 25.8. The Kier molecular flexibility index (Phi) is 7.75. The number of carbonyl (C=O) groups excluding carboxylic acids is 1. The van der Waals surface area contributed by atoms with Crippen molar-refractivity contribution in [1.29, 1.82) is 0 Å². The van der Waals surface area contributed by atoms with Gasteiger partial charge in [-0.2, -0.15) is 13.2 Å². The molecule has 0 unspecified atom stereocenters. The van der Waals surface area contributed by atoms with Crippen molar-refractivity contribution in [3.63, 3.8) is 0 Å². The lowest BCUT2D eigenvalue weighted by Gasteiger charge is -2.11. The second kappa shape index (κ2) is 10.6. The molecule has 0 aliphatic carbocycles. The number of hydrogen-bond acceptors (Lipinski definition) is 5. The van der Waals surface area contributed by atoms with Crippen LogP contribution >= 0.6 is 0 Å². The lowest BCUT2D eigenvalue weighted by Crippen LogP contribution is -2.28. The molecule has 4 rings (SSSR count). The third-order valence-corrected chi connectivity index (χ3v) is 5.16. The van der Waals surface area contributed by atoms with E-state index in [0.29, 0.717) is 18.2 Å². The summed E-state index contributed by atoms with van der Waals surface area (Å²) in [6, 6.07) is 11.9. The first-order chi connectivity index (χ1) is 16.5. The third-order valence-electron chi connectivity index (χ3n) is 5.16. The van der Waals surface area contributed by atoms with Gasteiger partial charge in [0.2, 0.25) is 5.95 Å². The Hall–Kier alpha value is -3.93. The Bertz CT molecular complexity index is 1330. The monoisotopic (exact) mass is 490 g/mol. The summed E-state index contributed by atoms with van der Waals surface area (Å²) < 4.78 is 35.7. The number of nitrogens with one attached hydrogen (secondary N) is 1. The lowest BCUT2D eigenvalue weighted by molar-refractivity contribution is -0.192. The van der Waals surface area contributed by atoms with Crippen molar-refractivity contribution in [2.45, 2.75) is 12.6 Å². The fourth-order valence-electron chi connectivity index (χ4n) is 3.58. The zero-order valence-electron chi connectivity index (χ0n) is 19.4. The molecule has 0 spiro atoms. The van der Waals surface area contributed by atoms with Crippen LogP contribution in [-0.4, -0.2) is 74.3 Å². The summed E-state index contributed by atoms with van der Waals surface area (Å²) >= 11 is 0. The van der Waals surface area contributed by atoms with Gasteiger partial charge >= 0.3 is 12.1 Å². The number of carboxylic acid groups (broad SMARTS) is 1. The van der Waals surface area contributed by atoms with Gasteiger partial charge in [0.1, 0.15) is 5.69 Å². The van der Waals surface area contributed by atoms with Gasteiger partial charge in [0.05, 0.1) is 16.6 Å². The molecule has 0 saturated carbocycles. The molecule has 0 aliphatic heterocycles. The van der Waals surface area contributed by atoms with Crippen LogP contribution in [0.2, 0.25) is 0 Å². The van der Waals surface area contributed by atoms with Crippen LogP contribution in [0.3, 0.4) is 0 Å². The number of carbonyl (C=O) groups is 2. The number of fused-ring (bicyclic) bond motifs is 3. The second-order valence-corrected chi connectivity index (χ2v) is 7.94. The van der Waals surface area contributed by atoms with Gasteiger partial charge in [-0.15, -0.1) is 0 Å². The molecule has 0 saturated heterocycles. The molecular formula is C23H25F3N6O3. The molecule has 2 N–H and O–H groups in total. The van der Waals surface area contributed by atoms with Gasteiger partial charge in [-0.3, -0.25) is 9.36 Å². The Labute approximate surface area is 198 Å². The molecule has 1 aromatic carbocycles. The standard InChI is InChI=1S/C21H24N6O.C2HF3O2/c1-25(2)13-7-12-22-20(28)18-14-17-19(27(18)21-23-10-6-11-24-21)15-8-4-5-9-16(15)26(17)3;3-2(4,5)1(6)7/h4-6,8-11,14H,7,12-13H2,1-3H3,(H,22,28);(H,6,7). The fraction of sp³-hybridized carbons (Fsp3) is 0.304. The van der Waals surface area contributed by atoms with Crippen molar-refractivity contribution in [2.75, 3.05) is 27.2 Å². The van der Waals surface area contributed by atoms with Gasteiger partial charge in [0.25, 0.3) is 5.91 Å². The highest BCUT2D eigenvalue weighted by atomic mass is 19.4. The van der Waals surface area contributed by atoms with E-state index in [4.69, 9.17) is 9.90 Å². The highest BCUT2D eigenvalue weighted by Crippen LogP contribution is 2.32. The average molecular weight is 490 g/mol. The minimum absolute atomic E-state index is 0.119. The van der Waals surface area contributed by atoms with Gasteiger partial charge < -0.3 is 19.9 Å². The maximum Gasteiger partial charge on any atom is 0.490 e. The van der Waals surface area contributed by atoms with E-state index in [2.05, 4.69) is 36.9 Å². The van der Waals surface area contributed by atoms with Crippen LogP contribution in [0.25, 0.3) is 27.9 Å². The van der Waals surface area contributed by atoms with Crippen LogP contribution in [-0.2, 0) is 11.8 Å². The highest BCUT2D eigenvalue weighted by Gasteiger charge is 2.38. The van der Waals surface area contributed by atoms with E-state index in [1.165, 1.54) is 0 Å². The van der Waals surface area contributed by atoms with Crippen molar-refractivity contribution in [3.8, 4) is 5.95 Å². The highest BCUT2D eigenvalue weighted by molar-refractivity contribution is 6.10. The summed E-state index contributed by atoms with van der Waals surface area (Å²) in [4.78, 5) is 32.8. The summed E-state index contributed by atoms with van der Waals surface area (Å²) in [5, 5.41) is 11.2. The van der Waals surface area contributed by atoms with Crippen LogP contribution in [0.4, 0.5) is 13.2 Å². The normalized spacial score (nSPS) is 11.5. The Morgan fingerprint density at radius 2 is 1.71 bits per heavy atom. The van der Waals surface area contributed by atoms with Crippen molar-refractivity contribution in [2.24, 2.45) is 7.05 Å². The first-order valence-electron chi connectivity index (χ1n) is 10.6. The molecule has 12 heteroatoms. The lowest BCUT2D eigenvalue weighted by atomic mass is 10.2. The predicted octanol–water partition coefficient (Wildman–Crippen LogP) is 3.23. The molecular weight excluding hydrogens is 465 g/mol. The van der Waals surface area contributed by atoms with E-state index in [1.807, 2.05) is 43.9 Å². The van der Waals surface area contributed by atoms with Gasteiger partial charge in [0.15, 0.2) is 0 Å². The van der Waals surface area contributed by atoms with E-state index < -0.39 is 12.1 Å². The predicted molar refractivity (Wildman–Crippen MR) is 125 cm³/mol. The number of nitrogens with zero attached hydrogens (tertiary/aromatic N) is 5. The maximum atomic E-state index is 13.0. The summed E-state index contributed by atoms with van der Waals surface area (Å²) in [5.41, 5.74) is 3.58. The number of aliphatic carboxylic acids is 1. The molecule has 0 radical (unpaired) electrons. The van der Waals surface area contributed by atoms with Crippen molar-refractivity contribution < 1.29 is 27.9 Å². The van der Waals surface area contributed by atoms with Crippen LogP contribution in [0, 0.1) is 0 Å². The second-order valence-electron chi connectivity index (χ2n) is 7.94. The largest absolute Gasteiger partial charge is 0.490 e. The SMILES string of the molecule is CN(C)CCCNC(=O)c1cc2c(c3ccccc3n2C)n1-c1ncccn1.O=C(O)C(F)(F)F. The Balaban J connectivity index is 0.000000429. The first kappa shape index (κ1) is 25.7. The molecule has 4 aromatic rings. The zero-order valence-corrected chi connectivity index (χ0v) is 19.4. The number of alkyl halides is 3.